The van der Waals surface area contributed by atoms with E-state index in [9.17, 15) is 0 Å². The SMILES string of the molecule is CCc1occc1C(Br)Cc1cccc(Br)c1. The Morgan fingerprint density at radius 1 is 1.29 bits per heavy atom. The number of furan rings is 1. The molecule has 1 unspecified atom stereocenters. The zero-order chi connectivity index (χ0) is 12.3. The van der Waals surface area contributed by atoms with E-state index in [0.717, 1.165) is 23.1 Å². The van der Waals surface area contributed by atoms with E-state index in [1.54, 1.807) is 6.26 Å². The molecule has 1 aromatic carbocycles. The predicted molar refractivity (Wildman–Crippen MR) is 77.6 cm³/mol. The molecule has 0 aliphatic heterocycles. The molecule has 0 N–H and O–H groups in total. The third-order valence-electron chi connectivity index (χ3n) is 2.74. The maximum Gasteiger partial charge on any atom is 0.107 e. The Morgan fingerprint density at radius 2 is 2.12 bits per heavy atom. The second kappa shape index (κ2) is 5.87. The van der Waals surface area contributed by atoms with Crippen LogP contribution in [0.5, 0.6) is 0 Å². The molecule has 1 heterocycles. The third kappa shape index (κ3) is 3.23. The van der Waals surface area contributed by atoms with Crippen LogP contribution in [0.3, 0.4) is 0 Å². The van der Waals surface area contributed by atoms with Crippen molar-refractivity contribution in [1.82, 2.24) is 0 Å². The maximum absolute atomic E-state index is 5.46. The van der Waals surface area contributed by atoms with Crippen LogP contribution in [0.1, 0.15) is 28.6 Å². The molecule has 0 aliphatic carbocycles. The molecule has 0 aliphatic rings. The van der Waals surface area contributed by atoms with Crippen LogP contribution in [-0.4, -0.2) is 0 Å². The lowest BCUT2D eigenvalue weighted by molar-refractivity contribution is 0.511. The van der Waals surface area contributed by atoms with Crippen molar-refractivity contribution in [3.05, 3.63) is 58.0 Å². The highest BCUT2D eigenvalue weighted by atomic mass is 79.9. The van der Waals surface area contributed by atoms with Crippen LogP contribution in [0.4, 0.5) is 0 Å². The van der Waals surface area contributed by atoms with Crippen molar-refractivity contribution in [2.75, 3.05) is 0 Å². The highest BCUT2D eigenvalue weighted by Gasteiger charge is 2.14. The topological polar surface area (TPSA) is 13.1 Å². The van der Waals surface area contributed by atoms with E-state index in [0.29, 0.717) is 4.83 Å². The van der Waals surface area contributed by atoms with E-state index in [2.05, 4.69) is 63.0 Å². The molecule has 0 amide bonds. The van der Waals surface area contributed by atoms with Gasteiger partial charge < -0.3 is 4.42 Å². The number of hydrogen-bond acceptors (Lipinski definition) is 1. The Labute approximate surface area is 118 Å². The first-order valence-electron chi connectivity index (χ1n) is 5.65. The number of benzene rings is 1. The van der Waals surface area contributed by atoms with Crippen molar-refractivity contribution < 1.29 is 4.42 Å². The van der Waals surface area contributed by atoms with Gasteiger partial charge in [0.05, 0.1) is 6.26 Å². The van der Waals surface area contributed by atoms with Gasteiger partial charge in [0.2, 0.25) is 0 Å². The zero-order valence-corrected chi connectivity index (χ0v) is 12.8. The Morgan fingerprint density at radius 3 is 2.82 bits per heavy atom. The summed E-state index contributed by atoms with van der Waals surface area (Å²) in [6, 6.07) is 10.5. The van der Waals surface area contributed by atoms with Crippen LogP contribution >= 0.6 is 31.9 Å². The summed E-state index contributed by atoms with van der Waals surface area (Å²) in [6.45, 7) is 2.11. The zero-order valence-electron chi connectivity index (χ0n) is 9.62. The van der Waals surface area contributed by atoms with Crippen LogP contribution in [0.25, 0.3) is 0 Å². The van der Waals surface area contributed by atoms with E-state index in [4.69, 9.17) is 4.42 Å². The minimum Gasteiger partial charge on any atom is -0.469 e. The molecule has 90 valence electrons. The number of aryl methyl sites for hydroxylation is 1. The van der Waals surface area contributed by atoms with Gasteiger partial charge >= 0.3 is 0 Å². The van der Waals surface area contributed by atoms with E-state index >= 15 is 0 Å². The summed E-state index contributed by atoms with van der Waals surface area (Å²) in [5.74, 6) is 1.07. The van der Waals surface area contributed by atoms with Gasteiger partial charge in [-0.1, -0.05) is 50.9 Å². The first kappa shape index (κ1) is 12.9. The average molecular weight is 358 g/mol. The average Bonchev–Trinajstić information content (AvgIpc) is 2.77. The number of rotatable bonds is 4. The van der Waals surface area contributed by atoms with Gasteiger partial charge in [0.15, 0.2) is 0 Å². The van der Waals surface area contributed by atoms with Gasteiger partial charge in [-0.25, -0.2) is 0 Å². The number of halogens is 2. The molecule has 2 rings (SSSR count). The summed E-state index contributed by atoms with van der Waals surface area (Å²) in [6.07, 6.45) is 3.66. The Hall–Kier alpha value is -0.540. The maximum atomic E-state index is 5.46. The van der Waals surface area contributed by atoms with Gasteiger partial charge in [0.25, 0.3) is 0 Å². The van der Waals surface area contributed by atoms with Crippen LogP contribution in [0, 0.1) is 0 Å². The van der Waals surface area contributed by atoms with Gasteiger partial charge in [-0.2, -0.15) is 0 Å². The van der Waals surface area contributed by atoms with Crippen molar-refractivity contribution in [2.45, 2.75) is 24.6 Å². The van der Waals surface area contributed by atoms with Crippen molar-refractivity contribution in [3.8, 4) is 0 Å². The Bertz CT molecular complexity index is 490. The largest absolute Gasteiger partial charge is 0.469 e. The van der Waals surface area contributed by atoms with E-state index in [1.165, 1.54) is 11.1 Å². The summed E-state index contributed by atoms with van der Waals surface area (Å²) in [7, 11) is 0. The summed E-state index contributed by atoms with van der Waals surface area (Å²) in [4.78, 5) is 0.311. The monoisotopic (exact) mass is 356 g/mol. The molecule has 0 saturated carbocycles. The second-order valence-electron chi connectivity index (χ2n) is 3.95. The highest BCUT2D eigenvalue weighted by molar-refractivity contribution is 9.10. The molecule has 0 spiro atoms. The lowest BCUT2D eigenvalue weighted by atomic mass is 10.0. The van der Waals surface area contributed by atoms with Crippen LogP contribution in [0.2, 0.25) is 0 Å². The predicted octanol–water partition coefficient (Wildman–Crippen LogP) is 5.28. The molecule has 1 atom stereocenters. The van der Waals surface area contributed by atoms with Crippen LogP contribution in [0.15, 0.2) is 45.5 Å². The Kier molecular flexibility index (Phi) is 4.46. The van der Waals surface area contributed by atoms with Crippen molar-refractivity contribution in [2.24, 2.45) is 0 Å². The van der Waals surface area contributed by atoms with E-state index in [-0.39, 0.29) is 0 Å². The van der Waals surface area contributed by atoms with Crippen LogP contribution in [-0.2, 0) is 12.8 Å². The molecule has 0 radical (unpaired) electrons. The Balaban J connectivity index is 2.14. The fourth-order valence-electron chi connectivity index (χ4n) is 1.90. The lowest BCUT2D eigenvalue weighted by Crippen LogP contribution is -1.97. The minimum atomic E-state index is 0.311. The molecule has 1 nitrogen and oxygen atoms in total. The molecule has 3 heteroatoms. The molecular weight excluding hydrogens is 344 g/mol. The first-order valence-corrected chi connectivity index (χ1v) is 7.36. The number of hydrogen-bond donors (Lipinski definition) is 0. The van der Waals surface area contributed by atoms with Crippen LogP contribution < -0.4 is 0 Å². The molecular formula is C14H14Br2O. The van der Waals surface area contributed by atoms with Gasteiger partial charge in [0, 0.05) is 21.3 Å². The lowest BCUT2D eigenvalue weighted by Gasteiger charge is -2.10. The second-order valence-corrected chi connectivity index (χ2v) is 5.98. The summed E-state index contributed by atoms with van der Waals surface area (Å²) in [5, 5.41) is 0. The fraction of sp³-hybridized carbons (Fsp3) is 0.286. The van der Waals surface area contributed by atoms with Crippen molar-refractivity contribution in [1.29, 1.82) is 0 Å². The van der Waals surface area contributed by atoms with Gasteiger partial charge in [-0.3, -0.25) is 0 Å². The number of alkyl halides is 1. The fourth-order valence-corrected chi connectivity index (χ4v) is 3.13. The van der Waals surface area contributed by atoms with Crippen molar-refractivity contribution >= 4 is 31.9 Å². The smallest absolute Gasteiger partial charge is 0.107 e. The molecule has 2 aromatic rings. The normalized spacial score (nSPS) is 12.6. The third-order valence-corrected chi connectivity index (χ3v) is 4.05. The molecule has 1 aromatic heterocycles. The molecule has 17 heavy (non-hydrogen) atoms. The first-order chi connectivity index (χ1) is 8.20. The minimum absolute atomic E-state index is 0.311. The standard InChI is InChI=1S/C14H14Br2O/c1-2-14-12(6-7-17-14)13(16)9-10-4-3-5-11(15)8-10/h3-8,13H,2,9H2,1H3. The highest BCUT2D eigenvalue weighted by Crippen LogP contribution is 2.31. The molecule has 0 saturated heterocycles. The molecule has 0 fully saturated rings. The summed E-state index contributed by atoms with van der Waals surface area (Å²) >= 11 is 7.24. The molecule has 0 bridgehead atoms. The summed E-state index contributed by atoms with van der Waals surface area (Å²) < 4.78 is 6.58. The van der Waals surface area contributed by atoms with Gasteiger partial charge in [-0.15, -0.1) is 0 Å². The van der Waals surface area contributed by atoms with E-state index < -0.39 is 0 Å². The van der Waals surface area contributed by atoms with E-state index in [1.807, 2.05) is 6.07 Å². The summed E-state index contributed by atoms with van der Waals surface area (Å²) in [5.41, 5.74) is 2.57. The van der Waals surface area contributed by atoms with Gasteiger partial charge in [-0.05, 0) is 30.2 Å². The quantitative estimate of drug-likeness (QED) is 0.678. The van der Waals surface area contributed by atoms with Crippen molar-refractivity contribution in [3.63, 3.8) is 0 Å². The van der Waals surface area contributed by atoms with Gasteiger partial charge in [0.1, 0.15) is 5.76 Å².